The Morgan fingerprint density at radius 3 is 2.62 bits per heavy atom. The summed E-state index contributed by atoms with van der Waals surface area (Å²) in [4.78, 5) is 16.3. The molecule has 1 unspecified atom stereocenters. The third-order valence-electron chi connectivity index (χ3n) is 5.54. The van der Waals surface area contributed by atoms with Gasteiger partial charge in [0.15, 0.2) is 0 Å². The largest absolute Gasteiger partial charge is 0.496 e. The fourth-order valence-corrected chi connectivity index (χ4v) is 3.92. The average molecular weight is 393 g/mol. The van der Waals surface area contributed by atoms with E-state index in [1.807, 2.05) is 18.2 Å². The lowest BCUT2D eigenvalue weighted by molar-refractivity contribution is -0.121. The van der Waals surface area contributed by atoms with Crippen LogP contribution in [0.15, 0.2) is 48.7 Å². The number of H-pyrrole nitrogens is 1. The molecule has 0 bridgehead atoms. The maximum Gasteiger partial charge on any atom is 0.220 e. The van der Waals surface area contributed by atoms with Gasteiger partial charge in [0, 0.05) is 41.5 Å². The van der Waals surface area contributed by atoms with Crippen molar-refractivity contribution in [1.29, 1.82) is 0 Å². The Hall–Kier alpha value is -2.75. The molecule has 1 heterocycles. The van der Waals surface area contributed by atoms with E-state index in [-0.39, 0.29) is 11.8 Å². The summed E-state index contributed by atoms with van der Waals surface area (Å²) in [6.45, 7) is 7.21. The molecule has 29 heavy (non-hydrogen) atoms. The van der Waals surface area contributed by atoms with Crippen molar-refractivity contribution in [3.05, 3.63) is 65.4 Å². The van der Waals surface area contributed by atoms with E-state index in [1.165, 1.54) is 10.9 Å². The first-order valence-electron chi connectivity index (χ1n) is 10.5. The number of hydrogen-bond donors (Lipinski definition) is 2. The summed E-state index contributed by atoms with van der Waals surface area (Å²) in [5.41, 5.74) is 4.62. The molecule has 0 radical (unpaired) electrons. The fourth-order valence-electron chi connectivity index (χ4n) is 3.92. The molecule has 0 aliphatic carbocycles. The minimum absolute atomic E-state index is 0.0718. The van der Waals surface area contributed by atoms with E-state index in [0.29, 0.717) is 18.9 Å². The van der Waals surface area contributed by atoms with Gasteiger partial charge in [-0.25, -0.2) is 0 Å². The van der Waals surface area contributed by atoms with Crippen molar-refractivity contribution < 1.29 is 9.53 Å². The number of nitrogens with one attached hydrogen (secondary N) is 2. The van der Waals surface area contributed by atoms with Crippen LogP contribution in [0, 0.1) is 5.92 Å². The predicted molar refractivity (Wildman–Crippen MR) is 120 cm³/mol. The van der Waals surface area contributed by atoms with Gasteiger partial charge in [0.2, 0.25) is 5.91 Å². The van der Waals surface area contributed by atoms with Crippen LogP contribution in [0.5, 0.6) is 5.75 Å². The zero-order chi connectivity index (χ0) is 20.8. The number of aryl methyl sites for hydroxylation is 1. The summed E-state index contributed by atoms with van der Waals surface area (Å²) < 4.78 is 5.63. The molecule has 0 saturated heterocycles. The van der Waals surface area contributed by atoms with Gasteiger partial charge in [-0.3, -0.25) is 4.79 Å². The van der Waals surface area contributed by atoms with Crippen molar-refractivity contribution in [3.63, 3.8) is 0 Å². The number of benzene rings is 2. The van der Waals surface area contributed by atoms with Crippen LogP contribution in [0.3, 0.4) is 0 Å². The van der Waals surface area contributed by atoms with Crippen molar-refractivity contribution >= 4 is 16.8 Å². The number of rotatable bonds is 9. The standard InChI is InChI=1S/C25H32N2O2/c1-5-18-9-8-11-20-22(16-27-25(18)20)21(15-24(28)26-14-13-17(2)3)19-10-6-7-12-23(19)29-4/h6-12,16-17,21,27H,5,13-15H2,1-4H3,(H,26,28). The molecular weight excluding hydrogens is 360 g/mol. The number of carbonyl (C=O) groups is 1. The average Bonchev–Trinajstić information content (AvgIpc) is 3.15. The second-order valence-electron chi connectivity index (χ2n) is 7.97. The summed E-state index contributed by atoms with van der Waals surface area (Å²) in [7, 11) is 1.68. The molecule has 0 aliphatic rings. The molecule has 4 heteroatoms. The molecule has 3 aromatic rings. The van der Waals surface area contributed by atoms with Crippen molar-refractivity contribution in [1.82, 2.24) is 10.3 Å². The van der Waals surface area contributed by atoms with Gasteiger partial charge in [0.1, 0.15) is 5.75 Å². The first-order chi connectivity index (χ1) is 14.0. The maximum atomic E-state index is 12.8. The fraction of sp³-hybridized carbons (Fsp3) is 0.400. The van der Waals surface area contributed by atoms with E-state index >= 15 is 0 Å². The van der Waals surface area contributed by atoms with Gasteiger partial charge in [0.25, 0.3) is 0 Å². The SMILES string of the molecule is CCc1cccc2c(C(CC(=O)NCCC(C)C)c3ccccc3OC)c[nH]c12. The third kappa shape index (κ3) is 4.81. The van der Waals surface area contributed by atoms with Gasteiger partial charge < -0.3 is 15.0 Å². The number of ether oxygens (including phenoxy) is 1. The zero-order valence-corrected chi connectivity index (χ0v) is 17.9. The number of fused-ring (bicyclic) bond motifs is 1. The first kappa shape index (κ1) is 21.0. The van der Waals surface area contributed by atoms with Crippen LogP contribution in [-0.4, -0.2) is 24.5 Å². The van der Waals surface area contributed by atoms with Crippen LogP contribution >= 0.6 is 0 Å². The highest BCUT2D eigenvalue weighted by Gasteiger charge is 2.24. The molecule has 0 aliphatic heterocycles. The summed E-state index contributed by atoms with van der Waals surface area (Å²) in [5, 5.41) is 4.27. The number of aromatic amines is 1. The second kappa shape index (κ2) is 9.64. The maximum absolute atomic E-state index is 12.8. The molecule has 1 atom stereocenters. The number of methoxy groups -OCH3 is 1. The molecule has 2 N–H and O–H groups in total. The second-order valence-corrected chi connectivity index (χ2v) is 7.97. The van der Waals surface area contributed by atoms with Gasteiger partial charge in [-0.2, -0.15) is 0 Å². The number of aromatic nitrogens is 1. The van der Waals surface area contributed by atoms with Crippen LogP contribution in [0.2, 0.25) is 0 Å². The van der Waals surface area contributed by atoms with Gasteiger partial charge in [-0.15, -0.1) is 0 Å². The van der Waals surface area contributed by atoms with Crippen LogP contribution in [-0.2, 0) is 11.2 Å². The normalized spacial score (nSPS) is 12.3. The molecular formula is C25H32N2O2. The van der Waals surface area contributed by atoms with Crippen molar-refractivity contribution in [2.24, 2.45) is 5.92 Å². The van der Waals surface area contributed by atoms with Crippen LogP contribution < -0.4 is 10.1 Å². The van der Waals surface area contributed by atoms with E-state index in [0.717, 1.165) is 35.2 Å². The lowest BCUT2D eigenvalue weighted by Gasteiger charge is -2.20. The molecule has 2 aromatic carbocycles. The molecule has 154 valence electrons. The lowest BCUT2D eigenvalue weighted by atomic mass is 9.87. The molecule has 1 aromatic heterocycles. The van der Waals surface area contributed by atoms with E-state index in [9.17, 15) is 4.79 Å². The van der Waals surface area contributed by atoms with Gasteiger partial charge in [0.05, 0.1) is 7.11 Å². The summed E-state index contributed by atoms with van der Waals surface area (Å²) in [6, 6.07) is 14.4. The summed E-state index contributed by atoms with van der Waals surface area (Å²) in [6.07, 6.45) is 4.40. The highest BCUT2D eigenvalue weighted by Crippen LogP contribution is 2.38. The minimum atomic E-state index is -0.0777. The molecule has 1 amide bonds. The Bertz CT molecular complexity index is 958. The minimum Gasteiger partial charge on any atom is -0.496 e. The Morgan fingerprint density at radius 2 is 1.90 bits per heavy atom. The van der Waals surface area contributed by atoms with Gasteiger partial charge in [-0.05, 0) is 36.0 Å². The number of carbonyl (C=O) groups excluding carboxylic acids is 1. The molecule has 0 saturated carbocycles. The zero-order valence-electron chi connectivity index (χ0n) is 17.9. The monoisotopic (exact) mass is 392 g/mol. The van der Waals surface area contributed by atoms with Crippen molar-refractivity contribution in [2.45, 2.75) is 46.0 Å². The molecule has 4 nitrogen and oxygen atoms in total. The first-order valence-corrected chi connectivity index (χ1v) is 10.5. The third-order valence-corrected chi connectivity index (χ3v) is 5.54. The smallest absolute Gasteiger partial charge is 0.220 e. The molecule has 0 spiro atoms. The predicted octanol–water partition coefficient (Wildman–Crippen LogP) is 5.42. The van der Waals surface area contributed by atoms with Gasteiger partial charge >= 0.3 is 0 Å². The van der Waals surface area contributed by atoms with Crippen molar-refractivity contribution in [3.8, 4) is 5.75 Å². The van der Waals surface area contributed by atoms with E-state index < -0.39 is 0 Å². The van der Waals surface area contributed by atoms with Gasteiger partial charge in [-0.1, -0.05) is 57.2 Å². The number of para-hydroxylation sites is 2. The number of hydrogen-bond acceptors (Lipinski definition) is 2. The highest BCUT2D eigenvalue weighted by atomic mass is 16.5. The van der Waals surface area contributed by atoms with Crippen LogP contribution in [0.4, 0.5) is 0 Å². The molecule has 3 rings (SSSR count). The topological polar surface area (TPSA) is 54.1 Å². The summed E-state index contributed by atoms with van der Waals surface area (Å²) >= 11 is 0. The Labute approximate surface area is 173 Å². The lowest BCUT2D eigenvalue weighted by Crippen LogP contribution is -2.27. The van der Waals surface area contributed by atoms with E-state index in [2.05, 4.69) is 61.5 Å². The Morgan fingerprint density at radius 1 is 1.10 bits per heavy atom. The highest BCUT2D eigenvalue weighted by molar-refractivity contribution is 5.88. The molecule has 0 fully saturated rings. The van der Waals surface area contributed by atoms with E-state index in [1.54, 1.807) is 7.11 Å². The number of amides is 1. The van der Waals surface area contributed by atoms with Crippen LogP contribution in [0.25, 0.3) is 10.9 Å². The quantitative estimate of drug-likeness (QED) is 0.511. The van der Waals surface area contributed by atoms with Crippen molar-refractivity contribution in [2.75, 3.05) is 13.7 Å². The Balaban J connectivity index is 1.99. The Kier molecular flexibility index (Phi) is 6.97. The summed E-state index contributed by atoms with van der Waals surface area (Å²) in [5.74, 6) is 1.38. The van der Waals surface area contributed by atoms with E-state index in [4.69, 9.17) is 4.74 Å². The van der Waals surface area contributed by atoms with Crippen LogP contribution in [0.1, 0.15) is 56.2 Å².